The molecule has 2 aliphatic rings. The maximum atomic E-state index is 16.0. The maximum absolute atomic E-state index is 16.0. The summed E-state index contributed by atoms with van der Waals surface area (Å²) in [6.07, 6.45) is 0.118. The molecule has 0 spiro atoms. The predicted molar refractivity (Wildman–Crippen MR) is 146 cm³/mol. The SMILES string of the molecule is CC(C)OC(=O)[C@H](C)NP(=O)(OC[C@H]1O[C@@H](n2cnc3c(NC4CC4)ncnc32)[C@](C)(F)[C@@H]1O)Oc1ccccc1. The second-order valence-electron chi connectivity index (χ2n) is 10.6. The first-order valence-corrected chi connectivity index (χ1v) is 14.9. The van der Waals surface area contributed by atoms with Crippen molar-refractivity contribution in [3.8, 4) is 5.75 Å². The van der Waals surface area contributed by atoms with E-state index >= 15 is 4.39 Å². The molecule has 3 N–H and O–H groups in total. The summed E-state index contributed by atoms with van der Waals surface area (Å²) in [6, 6.07) is 7.44. The molecule has 0 amide bonds. The van der Waals surface area contributed by atoms with E-state index in [1.807, 2.05) is 0 Å². The van der Waals surface area contributed by atoms with Crippen molar-refractivity contribution in [3.63, 3.8) is 0 Å². The molecule has 0 radical (unpaired) electrons. The first-order chi connectivity index (χ1) is 19.5. The van der Waals surface area contributed by atoms with Gasteiger partial charge in [-0.25, -0.2) is 23.9 Å². The minimum absolute atomic E-state index is 0.203. The van der Waals surface area contributed by atoms with Crippen molar-refractivity contribution in [1.29, 1.82) is 0 Å². The highest BCUT2D eigenvalue weighted by molar-refractivity contribution is 7.52. The summed E-state index contributed by atoms with van der Waals surface area (Å²) in [5, 5.41) is 16.8. The van der Waals surface area contributed by atoms with Crippen LogP contribution < -0.4 is 14.9 Å². The predicted octanol–water partition coefficient (Wildman–Crippen LogP) is 3.52. The van der Waals surface area contributed by atoms with Gasteiger partial charge in [-0.05, 0) is 52.7 Å². The van der Waals surface area contributed by atoms with Crippen LogP contribution in [-0.4, -0.2) is 73.3 Å². The summed E-state index contributed by atoms with van der Waals surface area (Å²) in [5.74, 6) is 0.0676. The number of fused-ring (bicyclic) bond motifs is 1. The second-order valence-corrected chi connectivity index (χ2v) is 12.3. The number of alkyl halides is 1. The Morgan fingerprint density at radius 2 is 1.98 bits per heavy atom. The number of benzene rings is 1. The van der Waals surface area contributed by atoms with E-state index in [9.17, 15) is 14.5 Å². The van der Waals surface area contributed by atoms with Gasteiger partial charge in [-0.1, -0.05) is 18.2 Å². The van der Waals surface area contributed by atoms with Crippen molar-refractivity contribution < 1.29 is 37.4 Å². The summed E-state index contributed by atoms with van der Waals surface area (Å²) in [7, 11) is -4.26. The third-order valence-corrected chi connectivity index (χ3v) is 8.33. The molecule has 13 nitrogen and oxygen atoms in total. The molecule has 6 atom stereocenters. The Hall–Kier alpha value is -3.16. The van der Waals surface area contributed by atoms with Crippen molar-refractivity contribution in [2.24, 2.45) is 0 Å². The van der Waals surface area contributed by atoms with Crippen LogP contribution in [-0.2, 0) is 23.4 Å². The number of carbonyl (C=O) groups is 1. The number of halogens is 1. The number of anilines is 1. The van der Waals surface area contributed by atoms with Gasteiger partial charge in [-0.15, -0.1) is 0 Å². The van der Waals surface area contributed by atoms with Gasteiger partial charge in [0.05, 0.1) is 19.0 Å². The molecular weight excluding hydrogens is 558 g/mol. The minimum Gasteiger partial charge on any atom is -0.462 e. The Labute approximate surface area is 236 Å². The Kier molecular flexibility index (Phi) is 8.31. The molecule has 1 unspecified atom stereocenters. The molecule has 5 rings (SSSR count). The van der Waals surface area contributed by atoms with E-state index in [1.165, 1.54) is 31.1 Å². The van der Waals surface area contributed by atoms with E-state index in [-0.39, 0.29) is 5.75 Å². The summed E-state index contributed by atoms with van der Waals surface area (Å²) < 4.78 is 53.6. The number of ether oxygens (including phenoxy) is 2. The summed E-state index contributed by atoms with van der Waals surface area (Å²) >= 11 is 0. The fourth-order valence-electron chi connectivity index (χ4n) is 4.41. The van der Waals surface area contributed by atoms with Crippen LogP contribution in [0.15, 0.2) is 43.0 Å². The van der Waals surface area contributed by atoms with E-state index in [1.54, 1.807) is 44.2 Å². The number of para-hydroxylation sites is 1. The number of carbonyl (C=O) groups excluding carboxylic acids is 1. The van der Waals surface area contributed by atoms with Gasteiger partial charge < -0.3 is 24.4 Å². The lowest BCUT2D eigenvalue weighted by Gasteiger charge is -2.25. The molecule has 15 heteroatoms. The molecule has 0 bridgehead atoms. The molecule has 1 aromatic carbocycles. The number of esters is 1. The summed E-state index contributed by atoms with van der Waals surface area (Å²) in [6.45, 7) is 5.48. The van der Waals surface area contributed by atoms with Gasteiger partial charge in [0.2, 0.25) is 0 Å². The van der Waals surface area contributed by atoms with Gasteiger partial charge in [-0.2, -0.15) is 5.09 Å². The normalized spacial score (nSPS) is 26.6. The van der Waals surface area contributed by atoms with E-state index in [0.29, 0.717) is 23.0 Å². The number of imidazole rings is 1. The Morgan fingerprint density at radius 1 is 1.24 bits per heavy atom. The zero-order valence-corrected chi connectivity index (χ0v) is 24.0. The van der Waals surface area contributed by atoms with E-state index in [0.717, 1.165) is 12.8 Å². The first-order valence-electron chi connectivity index (χ1n) is 13.4. The highest BCUT2D eigenvalue weighted by Gasteiger charge is 2.56. The molecular formula is C26H34FN6O7P. The lowest BCUT2D eigenvalue weighted by molar-refractivity contribution is -0.149. The van der Waals surface area contributed by atoms with Crippen LogP contribution in [0.2, 0.25) is 0 Å². The fraction of sp³-hybridized carbons (Fsp3) is 0.538. The van der Waals surface area contributed by atoms with Gasteiger partial charge in [0.15, 0.2) is 28.9 Å². The second kappa shape index (κ2) is 11.6. The topological polar surface area (TPSA) is 159 Å². The van der Waals surface area contributed by atoms with Crippen LogP contribution in [0.25, 0.3) is 11.2 Å². The molecule has 1 aliphatic heterocycles. The van der Waals surface area contributed by atoms with Gasteiger partial charge in [0.25, 0.3) is 0 Å². The molecule has 1 saturated heterocycles. The lowest BCUT2D eigenvalue weighted by Crippen LogP contribution is -2.41. The Bertz CT molecular complexity index is 1420. The van der Waals surface area contributed by atoms with Crippen LogP contribution in [0.4, 0.5) is 10.2 Å². The van der Waals surface area contributed by atoms with Crippen LogP contribution in [0.3, 0.4) is 0 Å². The number of rotatable bonds is 12. The van der Waals surface area contributed by atoms with Gasteiger partial charge in [0.1, 0.15) is 30.3 Å². The Morgan fingerprint density at radius 3 is 2.66 bits per heavy atom. The fourth-order valence-corrected chi connectivity index (χ4v) is 5.91. The molecule has 2 fully saturated rings. The average molecular weight is 593 g/mol. The number of aliphatic hydroxyl groups excluding tert-OH is 1. The van der Waals surface area contributed by atoms with Crippen LogP contribution in [0.1, 0.15) is 46.8 Å². The average Bonchev–Trinajstić information content (AvgIpc) is 3.58. The van der Waals surface area contributed by atoms with Gasteiger partial charge in [0, 0.05) is 6.04 Å². The van der Waals surface area contributed by atoms with Crippen molar-refractivity contribution in [2.75, 3.05) is 11.9 Å². The van der Waals surface area contributed by atoms with Gasteiger partial charge >= 0.3 is 13.7 Å². The van der Waals surface area contributed by atoms with Gasteiger partial charge in [-0.3, -0.25) is 13.9 Å². The highest BCUT2D eigenvalue weighted by Crippen LogP contribution is 2.48. The molecule has 1 saturated carbocycles. The summed E-state index contributed by atoms with van der Waals surface area (Å²) in [5.41, 5.74) is -1.54. The number of nitrogens with zero attached hydrogens (tertiary/aromatic N) is 4. The molecule has 222 valence electrons. The minimum atomic E-state index is -4.26. The third kappa shape index (κ3) is 6.52. The number of hydrogen-bond donors (Lipinski definition) is 3. The number of hydrogen-bond acceptors (Lipinski definition) is 11. The van der Waals surface area contributed by atoms with Crippen LogP contribution >= 0.6 is 7.75 Å². The molecule has 3 aromatic rings. The van der Waals surface area contributed by atoms with E-state index in [4.69, 9.17) is 18.5 Å². The third-order valence-electron chi connectivity index (χ3n) is 6.68. The zero-order valence-electron chi connectivity index (χ0n) is 23.1. The highest BCUT2D eigenvalue weighted by atomic mass is 31.2. The lowest BCUT2D eigenvalue weighted by atomic mass is 9.98. The standard InChI is InChI=1S/C26H34FN6O7P/c1-15(2)38-24(35)16(3)32-41(36,40-18-8-6-5-7-9-18)37-12-19-21(34)26(4,27)25(39-19)33-14-30-20-22(31-17-10-11-17)28-13-29-23(20)33/h5-9,13-17,19,21,25,34H,10-12H2,1-4H3,(H,32,36)(H,28,29,31)/t16-,19+,21+,25+,26+,41?/m0/s1. The quantitative estimate of drug-likeness (QED) is 0.208. The number of aliphatic hydroxyl groups is 1. The number of nitrogens with one attached hydrogen (secondary N) is 2. The monoisotopic (exact) mass is 592 g/mol. The van der Waals surface area contributed by atoms with E-state index < -0.39 is 56.6 Å². The molecule has 3 heterocycles. The van der Waals surface area contributed by atoms with Crippen LogP contribution in [0, 0.1) is 0 Å². The maximum Gasteiger partial charge on any atom is 0.459 e. The summed E-state index contributed by atoms with van der Waals surface area (Å²) in [4.78, 5) is 25.3. The van der Waals surface area contributed by atoms with Crippen molar-refractivity contribution in [2.45, 2.75) is 82.8 Å². The van der Waals surface area contributed by atoms with Crippen LogP contribution in [0.5, 0.6) is 5.75 Å². The zero-order chi connectivity index (χ0) is 29.4. The van der Waals surface area contributed by atoms with E-state index in [2.05, 4.69) is 25.4 Å². The first kappa shape index (κ1) is 29.3. The van der Waals surface area contributed by atoms with Crippen molar-refractivity contribution in [1.82, 2.24) is 24.6 Å². The largest absolute Gasteiger partial charge is 0.462 e. The number of aromatic nitrogens is 4. The molecule has 1 aliphatic carbocycles. The smallest absolute Gasteiger partial charge is 0.459 e. The van der Waals surface area contributed by atoms with Crippen molar-refractivity contribution >= 4 is 30.7 Å². The van der Waals surface area contributed by atoms with Crippen molar-refractivity contribution in [3.05, 3.63) is 43.0 Å². The molecule has 41 heavy (non-hydrogen) atoms. The molecule has 2 aromatic heterocycles. The Balaban J connectivity index is 1.34.